The third-order valence-corrected chi connectivity index (χ3v) is 10.1. The van der Waals surface area contributed by atoms with Gasteiger partial charge in [0.05, 0.1) is 39.2 Å². The SMILES string of the molecule is CCOc1ccc(C2C3C(O)C4C(c5ccc(OCC)cc5)N2CN(C3c2ccc(OCC)cc2)C4c2ccc(OCC)cc2)cc1. The predicted octanol–water partition coefficient (Wildman–Crippen LogP) is 7.74. The molecule has 4 unspecified atom stereocenters. The number of piperidine rings is 2. The fourth-order valence-corrected chi connectivity index (χ4v) is 8.49. The van der Waals surface area contributed by atoms with Crippen molar-refractivity contribution in [3.05, 3.63) is 119 Å². The smallest absolute Gasteiger partial charge is 0.119 e. The van der Waals surface area contributed by atoms with Gasteiger partial charge in [-0.25, -0.2) is 0 Å². The minimum atomic E-state index is -0.566. The molecule has 0 aromatic heterocycles. The van der Waals surface area contributed by atoms with E-state index < -0.39 is 6.10 Å². The van der Waals surface area contributed by atoms with Crippen LogP contribution in [-0.2, 0) is 0 Å². The molecule has 4 heterocycles. The summed E-state index contributed by atoms with van der Waals surface area (Å²) in [6, 6.07) is 34.1. The average molecular weight is 635 g/mol. The summed E-state index contributed by atoms with van der Waals surface area (Å²) in [4.78, 5) is 5.26. The van der Waals surface area contributed by atoms with Gasteiger partial charge in [0.15, 0.2) is 0 Å². The first-order valence-corrected chi connectivity index (χ1v) is 17.2. The minimum absolute atomic E-state index is 0.00240. The van der Waals surface area contributed by atoms with Crippen LogP contribution < -0.4 is 18.9 Å². The van der Waals surface area contributed by atoms with Crippen molar-refractivity contribution in [2.45, 2.75) is 58.0 Å². The highest BCUT2D eigenvalue weighted by Crippen LogP contribution is 2.65. The number of hydrogen-bond donors (Lipinski definition) is 1. The van der Waals surface area contributed by atoms with Crippen molar-refractivity contribution in [1.29, 1.82) is 0 Å². The summed E-state index contributed by atoms with van der Waals surface area (Å²) in [5.74, 6) is 3.34. The fourth-order valence-electron chi connectivity index (χ4n) is 8.49. The predicted molar refractivity (Wildman–Crippen MR) is 183 cm³/mol. The van der Waals surface area contributed by atoms with Crippen LogP contribution in [0.25, 0.3) is 0 Å². The van der Waals surface area contributed by atoms with Crippen LogP contribution in [0.3, 0.4) is 0 Å². The number of rotatable bonds is 12. The zero-order valence-corrected chi connectivity index (χ0v) is 27.8. The molecule has 246 valence electrons. The Bertz CT molecular complexity index is 1370. The van der Waals surface area contributed by atoms with E-state index in [-0.39, 0.29) is 36.0 Å². The van der Waals surface area contributed by atoms with Crippen molar-refractivity contribution in [1.82, 2.24) is 9.80 Å². The highest BCUT2D eigenvalue weighted by molar-refractivity contribution is 5.41. The van der Waals surface area contributed by atoms with E-state index in [9.17, 15) is 5.11 Å². The third kappa shape index (κ3) is 5.75. The van der Waals surface area contributed by atoms with Crippen LogP contribution in [0.2, 0.25) is 0 Å². The van der Waals surface area contributed by atoms with Gasteiger partial charge in [-0.15, -0.1) is 0 Å². The van der Waals surface area contributed by atoms with Gasteiger partial charge in [-0.2, -0.15) is 0 Å². The summed E-state index contributed by atoms with van der Waals surface area (Å²) >= 11 is 0. The molecule has 0 aliphatic carbocycles. The van der Waals surface area contributed by atoms with Gasteiger partial charge in [0.2, 0.25) is 0 Å². The van der Waals surface area contributed by atoms with Gasteiger partial charge in [0, 0.05) is 36.0 Å². The first kappa shape index (κ1) is 31.6. The summed E-state index contributed by atoms with van der Waals surface area (Å²) < 4.78 is 23.3. The molecule has 4 bridgehead atoms. The summed E-state index contributed by atoms with van der Waals surface area (Å²) in [7, 11) is 0. The Kier molecular flexibility index (Phi) is 9.13. The lowest BCUT2D eigenvalue weighted by Gasteiger charge is -2.69. The molecule has 4 atom stereocenters. The van der Waals surface area contributed by atoms with E-state index in [4.69, 9.17) is 18.9 Å². The Hall–Kier alpha value is -4.04. The van der Waals surface area contributed by atoms with Crippen LogP contribution in [0.15, 0.2) is 97.1 Å². The van der Waals surface area contributed by atoms with Crippen molar-refractivity contribution in [2.24, 2.45) is 11.8 Å². The molecular weight excluding hydrogens is 588 g/mol. The fraction of sp³-hybridized carbons (Fsp3) is 0.400. The van der Waals surface area contributed by atoms with E-state index in [1.807, 2.05) is 27.7 Å². The average Bonchev–Trinajstić information content (AvgIpc) is 3.09. The zero-order valence-electron chi connectivity index (χ0n) is 27.8. The Balaban J connectivity index is 1.36. The Morgan fingerprint density at radius 3 is 0.894 bits per heavy atom. The number of benzene rings is 4. The van der Waals surface area contributed by atoms with E-state index in [0.717, 1.165) is 29.7 Å². The van der Waals surface area contributed by atoms with Crippen LogP contribution in [-0.4, -0.2) is 54.1 Å². The molecule has 7 nitrogen and oxygen atoms in total. The monoisotopic (exact) mass is 634 g/mol. The molecular formula is C40H46N2O5. The molecule has 47 heavy (non-hydrogen) atoms. The maximum Gasteiger partial charge on any atom is 0.119 e. The molecule has 0 spiro atoms. The Labute approximate surface area is 278 Å². The number of ether oxygens (including phenoxy) is 4. The number of hydrogen-bond acceptors (Lipinski definition) is 7. The second-order valence-electron chi connectivity index (χ2n) is 12.6. The number of nitrogens with zero attached hydrogens (tertiary/aromatic N) is 2. The highest BCUT2D eigenvalue weighted by Gasteiger charge is 2.65. The topological polar surface area (TPSA) is 63.6 Å². The molecule has 4 aromatic carbocycles. The first-order chi connectivity index (χ1) is 23.1. The van der Waals surface area contributed by atoms with Crippen molar-refractivity contribution < 1.29 is 24.1 Å². The van der Waals surface area contributed by atoms with E-state index >= 15 is 0 Å². The highest BCUT2D eigenvalue weighted by atomic mass is 16.5. The summed E-state index contributed by atoms with van der Waals surface area (Å²) in [6.45, 7) is 11.3. The van der Waals surface area contributed by atoms with E-state index in [1.165, 1.54) is 22.3 Å². The summed E-state index contributed by atoms with van der Waals surface area (Å²) in [6.07, 6.45) is -0.566. The molecule has 4 aliphatic rings. The van der Waals surface area contributed by atoms with Gasteiger partial charge in [-0.05, 0) is 98.5 Å². The molecule has 4 saturated heterocycles. The largest absolute Gasteiger partial charge is 0.494 e. The second kappa shape index (κ2) is 13.6. The molecule has 0 radical (unpaired) electrons. The van der Waals surface area contributed by atoms with Crippen molar-refractivity contribution in [3.63, 3.8) is 0 Å². The van der Waals surface area contributed by atoms with Crippen LogP contribution >= 0.6 is 0 Å². The van der Waals surface area contributed by atoms with Gasteiger partial charge >= 0.3 is 0 Å². The second-order valence-corrected chi connectivity index (χ2v) is 12.6. The van der Waals surface area contributed by atoms with Crippen LogP contribution in [0.5, 0.6) is 23.0 Å². The molecule has 4 fully saturated rings. The van der Waals surface area contributed by atoms with Crippen LogP contribution in [0.1, 0.15) is 74.1 Å². The summed E-state index contributed by atoms with van der Waals surface area (Å²) in [5, 5.41) is 12.8. The van der Waals surface area contributed by atoms with Gasteiger partial charge < -0.3 is 24.1 Å². The third-order valence-electron chi connectivity index (χ3n) is 10.1. The van der Waals surface area contributed by atoms with Gasteiger partial charge in [0.25, 0.3) is 0 Å². The lowest BCUT2D eigenvalue weighted by molar-refractivity contribution is -0.260. The quantitative estimate of drug-likeness (QED) is 0.171. The number of aliphatic hydroxyl groups excluding tert-OH is 1. The normalized spacial score (nSPS) is 29.0. The molecule has 8 rings (SSSR count). The van der Waals surface area contributed by atoms with Crippen LogP contribution in [0.4, 0.5) is 0 Å². The maximum absolute atomic E-state index is 12.8. The molecule has 1 N–H and O–H groups in total. The summed E-state index contributed by atoms with van der Waals surface area (Å²) in [5.41, 5.74) is 4.79. The first-order valence-electron chi connectivity index (χ1n) is 17.2. The number of aliphatic hydroxyl groups is 1. The van der Waals surface area contributed by atoms with Crippen molar-refractivity contribution in [3.8, 4) is 23.0 Å². The lowest BCUT2D eigenvalue weighted by Crippen LogP contribution is -2.71. The van der Waals surface area contributed by atoms with Gasteiger partial charge in [-0.1, -0.05) is 48.5 Å². The van der Waals surface area contributed by atoms with Crippen LogP contribution in [0, 0.1) is 11.8 Å². The van der Waals surface area contributed by atoms with E-state index in [1.54, 1.807) is 0 Å². The van der Waals surface area contributed by atoms with E-state index in [2.05, 4.69) is 107 Å². The molecule has 4 aromatic rings. The minimum Gasteiger partial charge on any atom is -0.494 e. The standard InChI is InChI=1S/C40H46N2O5/c1-5-44-30-17-9-26(10-18-30)36-34-37(27-11-19-31(20-12-27)45-6-2)42-25-41(36)38(28-13-21-32(22-14-28)46-7-3)35(40(34)43)39(42)29-15-23-33(24-16-29)47-8-4/h9-24,34-40,43H,5-8,25H2,1-4H3. The van der Waals surface area contributed by atoms with Gasteiger partial charge in [-0.3, -0.25) is 9.80 Å². The van der Waals surface area contributed by atoms with Crippen molar-refractivity contribution in [2.75, 3.05) is 33.1 Å². The Morgan fingerprint density at radius 2 is 0.681 bits per heavy atom. The van der Waals surface area contributed by atoms with E-state index in [0.29, 0.717) is 26.4 Å². The molecule has 7 heteroatoms. The van der Waals surface area contributed by atoms with Gasteiger partial charge in [0.1, 0.15) is 23.0 Å². The molecule has 0 amide bonds. The molecule has 0 saturated carbocycles. The lowest BCUT2D eigenvalue weighted by atomic mass is 9.59. The van der Waals surface area contributed by atoms with Crippen molar-refractivity contribution >= 4 is 0 Å². The Morgan fingerprint density at radius 1 is 0.447 bits per heavy atom. The zero-order chi connectivity index (χ0) is 32.5. The maximum atomic E-state index is 12.8. The molecule has 4 aliphatic heterocycles.